The average Bonchev–Trinajstić information content (AvgIpc) is 2.91. The Balaban J connectivity index is 2.06. The van der Waals surface area contributed by atoms with E-state index in [-0.39, 0.29) is 11.4 Å². The van der Waals surface area contributed by atoms with E-state index in [0.717, 1.165) is 5.56 Å². The number of nitrogens with one attached hydrogen (secondary N) is 2. The van der Waals surface area contributed by atoms with Crippen molar-refractivity contribution >= 4 is 21.6 Å². The number of aryl methyl sites for hydroxylation is 1. The maximum Gasteiger partial charge on any atom is 0.240 e. The lowest BCUT2D eigenvalue weighted by Gasteiger charge is -2.06. The molecule has 0 saturated heterocycles. The number of benzene rings is 1. The third-order valence-corrected chi connectivity index (χ3v) is 4.12. The maximum atomic E-state index is 12.0. The van der Waals surface area contributed by atoms with Crippen molar-refractivity contribution < 1.29 is 8.42 Å². The Hall–Kier alpha value is -1.44. The third kappa shape index (κ3) is 3.76. The highest BCUT2D eigenvalue weighted by molar-refractivity contribution is 7.89. The normalized spacial score (nSPS) is 11.6. The van der Waals surface area contributed by atoms with Crippen molar-refractivity contribution in [1.82, 2.24) is 19.9 Å². The molecule has 0 bridgehead atoms. The predicted molar refractivity (Wildman–Crippen MR) is 71.3 cm³/mol. The van der Waals surface area contributed by atoms with E-state index in [1.165, 1.54) is 6.33 Å². The van der Waals surface area contributed by atoms with Gasteiger partial charge in [0, 0.05) is 5.88 Å². The summed E-state index contributed by atoms with van der Waals surface area (Å²) < 4.78 is 26.4. The largest absolute Gasteiger partial charge is 0.262 e. The fraction of sp³-hybridized carbons (Fsp3) is 0.273. The van der Waals surface area contributed by atoms with E-state index in [4.69, 9.17) is 11.6 Å². The Kier molecular flexibility index (Phi) is 4.52. The molecule has 102 valence electrons. The van der Waals surface area contributed by atoms with Gasteiger partial charge in [0.2, 0.25) is 10.0 Å². The highest BCUT2D eigenvalue weighted by Gasteiger charge is 2.13. The van der Waals surface area contributed by atoms with E-state index in [2.05, 4.69) is 19.9 Å². The van der Waals surface area contributed by atoms with Crippen molar-refractivity contribution in [3.05, 3.63) is 42.0 Å². The molecule has 0 atom stereocenters. The van der Waals surface area contributed by atoms with Crippen molar-refractivity contribution in [1.29, 1.82) is 0 Å². The van der Waals surface area contributed by atoms with Crippen LogP contribution in [0.5, 0.6) is 0 Å². The van der Waals surface area contributed by atoms with E-state index < -0.39 is 10.0 Å². The summed E-state index contributed by atoms with van der Waals surface area (Å²) in [5.74, 6) is 0.970. The lowest BCUT2D eigenvalue weighted by molar-refractivity contribution is 0.579. The van der Waals surface area contributed by atoms with Crippen molar-refractivity contribution in [2.75, 3.05) is 5.88 Å². The molecule has 0 spiro atoms. The number of sulfonamides is 1. The van der Waals surface area contributed by atoms with E-state index >= 15 is 0 Å². The van der Waals surface area contributed by atoms with Crippen LogP contribution in [0.2, 0.25) is 0 Å². The SMILES string of the molecule is O=S(=O)(NCc1ncn[nH]1)c1ccc(CCCl)cc1. The molecule has 1 heterocycles. The van der Waals surface area contributed by atoms with Gasteiger partial charge in [-0.1, -0.05) is 12.1 Å². The number of alkyl halides is 1. The maximum absolute atomic E-state index is 12.0. The summed E-state index contributed by atoms with van der Waals surface area (Å²) in [5, 5.41) is 6.23. The predicted octanol–water partition coefficient (Wildman–Crippen LogP) is 1.06. The molecule has 19 heavy (non-hydrogen) atoms. The van der Waals surface area contributed by atoms with Gasteiger partial charge in [-0.3, -0.25) is 5.10 Å². The monoisotopic (exact) mass is 300 g/mol. The van der Waals surface area contributed by atoms with Gasteiger partial charge in [0.25, 0.3) is 0 Å². The molecule has 1 aromatic heterocycles. The van der Waals surface area contributed by atoms with Crippen LogP contribution in [0.15, 0.2) is 35.5 Å². The Morgan fingerprint density at radius 2 is 2.00 bits per heavy atom. The van der Waals surface area contributed by atoms with Crippen molar-refractivity contribution in [3.63, 3.8) is 0 Å². The smallest absolute Gasteiger partial charge is 0.240 e. The third-order valence-electron chi connectivity index (χ3n) is 2.51. The molecule has 0 unspecified atom stereocenters. The Morgan fingerprint density at radius 1 is 1.26 bits per heavy atom. The summed E-state index contributed by atoms with van der Waals surface area (Å²) in [6, 6.07) is 6.63. The minimum absolute atomic E-state index is 0.0752. The molecular formula is C11H13ClN4O2S. The van der Waals surface area contributed by atoms with Gasteiger partial charge >= 0.3 is 0 Å². The van der Waals surface area contributed by atoms with Gasteiger partial charge in [-0.05, 0) is 24.1 Å². The van der Waals surface area contributed by atoms with Crippen LogP contribution in [0.1, 0.15) is 11.4 Å². The quantitative estimate of drug-likeness (QED) is 0.781. The van der Waals surface area contributed by atoms with Crippen LogP contribution in [-0.2, 0) is 23.0 Å². The first-order valence-corrected chi connectivity index (χ1v) is 7.62. The molecule has 0 amide bonds. The van der Waals surface area contributed by atoms with Crippen LogP contribution in [-0.4, -0.2) is 29.5 Å². The minimum Gasteiger partial charge on any atom is -0.262 e. The molecule has 2 rings (SSSR count). The number of rotatable bonds is 6. The summed E-state index contributed by atoms with van der Waals surface area (Å²) in [6.07, 6.45) is 2.04. The number of H-pyrrole nitrogens is 1. The molecule has 2 N–H and O–H groups in total. The minimum atomic E-state index is -3.54. The van der Waals surface area contributed by atoms with Gasteiger partial charge in [-0.2, -0.15) is 5.10 Å². The molecule has 2 aromatic rings. The number of hydrogen-bond donors (Lipinski definition) is 2. The average molecular weight is 301 g/mol. The van der Waals surface area contributed by atoms with Crippen LogP contribution in [0.4, 0.5) is 0 Å². The van der Waals surface area contributed by atoms with Gasteiger partial charge in [-0.25, -0.2) is 18.1 Å². The first-order valence-electron chi connectivity index (χ1n) is 5.60. The number of aromatic amines is 1. The fourth-order valence-electron chi connectivity index (χ4n) is 1.51. The second kappa shape index (κ2) is 6.14. The molecule has 0 aliphatic heterocycles. The van der Waals surface area contributed by atoms with Crippen LogP contribution in [0.25, 0.3) is 0 Å². The zero-order valence-corrected chi connectivity index (χ0v) is 11.6. The molecule has 0 aliphatic rings. The van der Waals surface area contributed by atoms with E-state index in [0.29, 0.717) is 18.1 Å². The fourth-order valence-corrected chi connectivity index (χ4v) is 2.71. The van der Waals surface area contributed by atoms with Crippen molar-refractivity contribution in [2.45, 2.75) is 17.9 Å². The van der Waals surface area contributed by atoms with Crippen LogP contribution >= 0.6 is 11.6 Å². The summed E-state index contributed by atoms with van der Waals surface area (Å²) in [7, 11) is -3.54. The highest BCUT2D eigenvalue weighted by Crippen LogP contribution is 2.11. The second-order valence-corrected chi connectivity index (χ2v) is 5.98. The summed E-state index contributed by atoms with van der Waals surface area (Å²) in [6.45, 7) is 0.0752. The molecular weight excluding hydrogens is 288 g/mol. The van der Waals surface area contributed by atoms with Crippen LogP contribution < -0.4 is 4.72 Å². The number of hydrogen-bond acceptors (Lipinski definition) is 4. The summed E-state index contributed by atoms with van der Waals surface area (Å²) in [5.41, 5.74) is 1.00. The second-order valence-electron chi connectivity index (χ2n) is 3.84. The summed E-state index contributed by atoms with van der Waals surface area (Å²) >= 11 is 5.63. The number of halogens is 1. The van der Waals surface area contributed by atoms with Gasteiger partial charge in [0.1, 0.15) is 12.2 Å². The lowest BCUT2D eigenvalue weighted by atomic mass is 10.2. The zero-order chi connectivity index (χ0) is 13.7. The Bertz CT molecular complexity index is 611. The first-order chi connectivity index (χ1) is 9.12. The standard InChI is InChI=1S/C11H13ClN4O2S/c12-6-5-9-1-3-10(4-2-9)19(17,18)15-7-11-13-8-14-16-11/h1-4,8,15H,5-7H2,(H,13,14,16). The van der Waals surface area contributed by atoms with Gasteiger partial charge in [0.05, 0.1) is 11.4 Å². The van der Waals surface area contributed by atoms with Gasteiger partial charge in [-0.15, -0.1) is 11.6 Å². The highest BCUT2D eigenvalue weighted by atomic mass is 35.5. The van der Waals surface area contributed by atoms with Crippen LogP contribution in [0, 0.1) is 0 Å². The molecule has 0 saturated carbocycles. The number of nitrogens with zero attached hydrogens (tertiary/aromatic N) is 2. The van der Waals surface area contributed by atoms with E-state index in [1.54, 1.807) is 24.3 Å². The van der Waals surface area contributed by atoms with Crippen LogP contribution in [0.3, 0.4) is 0 Å². The number of aromatic nitrogens is 3. The van der Waals surface area contributed by atoms with E-state index in [9.17, 15) is 8.42 Å². The zero-order valence-electron chi connectivity index (χ0n) is 10.0. The molecule has 1 aromatic carbocycles. The summed E-state index contributed by atoms with van der Waals surface area (Å²) in [4.78, 5) is 4.06. The molecule has 0 radical (unpaired) electrons. The molecule has 0 aliphatic carbocycles. The Morgan fingerprint density at radius 3 is 2.58 bits per heavy atom. The topological polar surface area (TPSA) is 87.7 Å². The first kappa shape index (κ1) is 14.0. The van der Waals surface area contributed by atoms with Crippen molar-refractivity contribution in [2.24, 2.45) is 0 Å². The molecule has 6 nitrogen and oxygen atoms in total. The lowest BCUT2D eigenvalue weighted by Crippen LogP contribution is -2.23. The van der Waals surface area contributed by atoms with Crippen molar-refractivity contribution in [3.8, 4) is 0 Å². The van der Waals surface area contributed by atoms with Gasteiger partial charge in [0.15, 0.2) is 0 Å². The van der Waals surface area contributed by atoms with E-state index in [1.807, 2.05) is 0 Å². The van der Waals surface area contributed by atoms with Gasteiger partial charge < -0.3 is 0 Å². The molecule has 8 heteroatoms. The Labute approximate surface area is 116 Å². The molecule has 0 fully saturated rings.